The minimum absolute atomic E-state index is 0.193. The Morgan fingerprint density at radius 2 is 1.94 bits per heavy atom. The lowest BCUT2D eigenvalue weighted by Crippen LogP contribution is -2.38. The first-order valence-corrected chi connectivity index (χ1v) is 6.35. The molecule has 3 N–H and O–H groups in total. The summed E-state index contributed by atoms with van der Waals surface area (Å²) in [4.78, 5) is 13.3. The number of carboxylic acid groups (broad SMARTS) is 1. The molecule has 0 spiro atoms. The number of hydrogen-bond acceptors (Lipinski definition) is 3. The SMILES string of the molecule is CC1CC(C)CN(c2ccc(N)c(C(=O)O)c2)C1. The summed E-state index contributed by atoms with van der Waals surface area (Å²) in [6.45, 7) is 6.43. The number of hydrogen-bond donors (Lipinski definition) is 2. The average Bonchev–Trinajstić information content (AvgIpc) is 2.27. The second-order valence-electron chi connectivity index (χ2n) is 5.43. The molecule has 2 atom stereocenters. The minimum atomic E-state index is -0.965. The van der Waals surface area contributed by atoms with Crippen molar-refractivity contribution < 1.29 is 9.90 Å². The van der Waals surface area contributed by atoms with Crippen LogP contribution in [0.5, 0.6) is 0 Å². The Labute approximate surface area is 107 Å². The summed E-state index contributed by atoms with van der Waals surface area (Å²) in [5.74, 6) is 0.312. The number of nitrogen functional groups attached to an aromatic ring is 1. The molecule has 1 aromatic rings. The summed E-state index contributed by atoms with van der Waals surface area (Å²) >= 11 is 0. The van der Waals surface area contributed by atoms with Gasteiger partial charge < -0.3 is 15.7 Å². The van der Waals surface area contributed by atoms with Crippen molar-refractivity contribution in [1.82, 2.24) is 0 Å². The number of rotatable bonds is 2. The predicted molar refractivity (Wildman–Crippen MR) is 73.0 cm³/mol. The topological polar surface area (TPSA) is 66.6 Å². The van der Waals surface area contributed by atoms with Crippen LogP contribution in [0, 0.1) is 11.8 Å². The van der Waals surface area contributed by atoms with Crippen molar-refractivity contribution >= 4 is 17.3 Å². The molecule has 4 heteroatoms. The molecule has 4 nitrogen and oxygen atoms in total. The normalized spacial score (nSPS) is 24.0. The van der Waals surface area contributed by atoms with Gasteiger partial charge in [0, 0.05) is 24.5 Å². The summed E-state index contributed by atoms with van der Waals surface area (Å²) in [5.41, 5.74) is 7.15. The van der Waals surface area contributed by atoms with E-state index in [0.29, 0.717) is 17.5 Å². The first kappa shape index (κ1) is 12.7. The van der Waals surface area contributed by atoms with Crippen molar-refractivity contribution in [3.63, 3.8) is 0 Å². The maximum Gasteiger partial charge on any atom is 0.337 e. The van der Waals surface area contributed by atoms with Gasteiger partial charge >= 0.3 is 5.97 Å². The van der Waals surface area contributed by atoms with Crippen LogP contribution in [0.25, 0.3) is 0 Å². The zero-order valence-electron chi connectivity index (χ0n) is 10.9. The smallest absolute Gasteiger partial charge is 0.337 e. The van der Waals surface area contributed by atoms with E-state index in [1.54, 1.807) is 12.1 Å². The lowest BCUT2D eigenvalue weighted by molar-refractivity contribution is 0.0698. The summed E-state index contributed by atoms with van der Waals surface area (Å²) < 4.78 is 0. The van der Waals surface area contributed by atoms with Crippen molar-refractivity contribution in [1.29, 1.82) is 0 Å². The molecule has 2 unspecified atom stereocenters. The lowest BCUT2D eigenvalue weighted by Gasteiger charge is -2.36. The van der Waals surface area contributed by atoms with Crippen molar-refractivity contribution in [2.45, 2.75) is 20.3 Å². The van der Waals surface area contributed by atoms with Gasteiger partial charge in [0.1, 0.15) is 0 Å². The van der Waals surface area contributed by atoms with Gasteiger partial charge in [0.15, 0.2) is 0 Å². The monoisotopic (exact) mass is 248 g/mol. The van der Waals surface area contributed by atoms with Crippen LogP contribution >= 0.6 is 0 Å². The fourth-order valence-corrected chi connectivity index (χ4v) is 2.80. The van der Waals surface area contributed by atoms with Gasteiger partial charge in [-0.05, 0) is 36.5 Å². The Hall–Kier alpha value is -1.71. The maximum absolute atomic E-state index is 11.1. The molecule has 0 saturated carbocycles. The molecule has 0 aliphatic carbocycles. The van der Waals surface area contributed by atoms with E-state index in [0.717, 1.165) is 18.8 Å². The van der Waals surface area contributed by atoms with E-state index in [9.17, 15) is 4.79 Å². The minimum Gasteiger partial charge on any atom is -0.478 e. The van der Waals surface area contributed by atoms with Gasteiger partial charge in [0.2, 0.25) is 0 Å². The third-order valence-electron chi connectivity index (χ3n) is 3.50. The van der Waals surface area contributed by atoms with Crippen LogP contribution in [-0.4, -0.2) is 24.2 Å². The van der Waals surface area contributed by atoms with E-state index in [1.807, 2.05) is 6.07 Å². The molecule has 2 rings (SSSR count). The largest absolute Gasteiger partial charge is 0.478 e. The molecule has 18 heavy (non-hydrogen) atoms. The number of benzene rings is 1. The second kappa shape index (κ2) is 4.88. The van der Waals surface area contributed by atoms with E-state index in [2.05, 4.69) is 18.7 Å². The molecule has 1 saturated heterocycles. The van der Waals surface area contributed by atoms with Crippen LogP contribution in [0.3, 0.4) is 0 Å². The van der Waals surface area contributed by atoms with Gasteiger partial charge in [-0.2, -0.15) is 0 Å². The second-order valence-corrected chi connectivity index (χ2v) is 5.43. The molecular weight excluding hydrogens is 228 g/mol. The van der Waals surface area contributed by atoms with Crippen LogP contribution < -0.4 is 10.6 Å². The molecule has 0 amide bonds. The van der Waals surface area contributed by atoms with Gasteiger partial charge in [-0.1, -0.05) is 13.8 Å². The average molecular weight is 248 g/mol. The van der Waals surface area contributed by atoms with Crippen molar-refractivity contribution in [2.75, 3.05) is 23.7 Å². The first-order valence-electron chi connectivity index (χ1n) is 6.35. The third kappa shape index (κ3) is 2.58. The van der Waals surface area contributed by atoms with Gasteiger partial charge in [0.25, 0.3) is 0 Å². The molecule has 1 aliphatic heterocycles. The Morgan fingerprint density at radius 3 is 2.50 bits per heavy atom. The highest BCUT2D eigenvalue weighted by Crippen LogP contribution is 2.28. The molecule has 0 bridgehead atoms. The number of carbonyl (C=O) groups is 1. The van der Waals surface area contributed by atoms with Crippen LogP contribution in [0.15, 0.2) is 18.2 Å². The van der Waals surface area contributed by atoms with E-state index < -0.39 is 5.97 Å². The Kier molecular flexibility index (Phi) is 3.45. The molecule has 1 fully saturated rings. The highest BCUT2D eigenvalue weighted by atomic mass is 16.4. The molecular formula is C14H20N2O2. The Bertz CT molecular complexity index is 449. The lowest BCUT2D eigenvalue weighted by atomic mass is 9.91. The number of carboxylic acids is 1. The number of nitrogens with two attached hydrogens (primary N) is 1. The summed E-state index contributed by atoms with van der Waals surface area (Å²) in [6, 6.07) is 5.28. The van der Waals surface area contributed by atoms with Gasteiger partial charge in [-0.3, -0.25) is 0 Å². The summed E-state index contributed by atoms with van der Waals surface area (Å²) in [7, 11) is 0. The van der Waals surface area contributed by atoms with Crippen molar-refractivity contribution in [3.05, 3.63) is 23.8 Å². The number of piperidine rings is 1. The van der Waals surface area contributed by atoms with Crippen molar-refractivity contribution in [3.8, 4) is 0 Å². The highest BCUT2D eigenvalue weighted by Gasteiger charge is 2.22. The zero-order chi connectivity index (χ0) is 13.3. The van der Waals surface area contributed by atoms with E-state index in [4.69, 9.17) is 10.8 Å². The zero-order valence-corrected chi connectivity index (χ0v) is 10.9. The summed E-state index contributed by atoms with van der Waals surface area (Å²) in [6.07, 6.45) is 1.23. The van der Waals surface area contributed by atoms with E-state index in [1.165, 1.54) is 6.42 Å². The summed E-state index contributed by atoms with van der Waals surface area (Å²) in [5, 5.41) is 9.09. The van der Waals surface area contributed by atoms with Crippen LogP contribution in [-0.2, 0) is 0 Å². The first-order chi connectivity index (χ1) is 8.47. The van der Waals surface area contributed by atoms with Crippen molar-refractivity contribution in [2.24, 2.45) is 11.8 Å². The number of aromatic carboxylic acids is 1. The number of nitrogens with zero attached hydrogens (tertiary/aromatic N) is 1. The third-order valence-corrected chi connectivity index (χ3v) is 3.50. The Balaban J connectivity index is 2.28. The molecule has 98 valence electrons. The van der Waals surface area contributed by atoms with E-state index in [-0.39, 0.29) is 5.56 Å². The maximum atomic E-state index is 11.1. The predicted octanol–water partition coefficient (Wildman–Crippen LogP) is 2.45. The number of anilines is 2. The fourth-order valence-electron chi connectivity index (χ4n) is 2.80. The van der Waals surface area contributed by atoms with Crippen LogP contribution in [0.4, 0.5) is 11.4 Å². The fraction of sp³-hybridized carbons (Fsp3) is 0.500. The van der Waals surface area contributed by atoms with Crippen LogP contribution in [0.1, 0.15) is 30.6 Å². The molecule has 0 radical (unpaired) electrons. The molecule has 0 aromatic heterocycles. The van der Waals surface area contributed by atoms with E-state index >= 15 is 0 Å². The quantitative estimate of drug-likeness (QED) is 0.789. The van der Waals surface area contributed by atoms with Gasteiger partial charge in [-0.25, -0.2) is 4.79 Å². The highest BCUT2D eigenvalue weighted by molar-refractivity contribution is 5.94. The van der Waals surface area contributed by atoms with Gasteiger partial charge in [-0.15, -0.1) is 0 Å². The standard InChI is InChI=1S/C14H20N2O2/c1-9-5-10(2)8-16(7-9)11-3-4-13(15)12(6-11)14(17)18/h3-4,6,9-10H,5,7-8,15H2,1-2H3,(H,17,18). The molecule has 1 heterocycles. The van der Waals surface area contributed by atoms with Crippen LogP contribution in [0.2, 0.25) is 0 Å². The Morgan fingerprint density at radius 1 is 1.33 bits per heavy atom. The molecule has 1 aromatic carbocycles. The van der Waals surface area contributed by atoms with Gasteiger partial charge in [0.05, 0.1) is 5.56 Å². The molecule has 1 aliphatic rings.